The van der Waals surface area contributed by atoms with Crippen LogP contribution in [0.2, 0.25) is 0 Å². The highest BCUT2D eigenvalue weighted by Crippen LogP contribution is 2.52. The van der Waals surface area contributed by atoms with E-state index in [9.17, 15) is 18.0 Å². The molecule has 0 amide bonds. The molecule has 22 heavy (non-hydrogen) atoms. The van der Waals surface area contributed by atoms with E-state index in [4.69, 9.17) is 8.92 Å². The maximum atomic E-state index is 12.0. The standard InChI is InChI=1S/C12H16N2O6S2/c1-7-3-14(11(16)13-10(7)15)8-4-19-12(6-21-9(8)12)5-20-22(2,17)18/h3,8-9H,4-6H2,1-2H3,(H,13,15,16)/t8-,9+,12+/m1/s1. The largest absolute Gasteiger partial charge is 0.368 e. The molecule has 2 aliphatic rings. The number of nitrogens with zero attached hydrogens (tertiary/aromatic N) is 1. The second-order valence-corrected chi connectivity index (χ2v) is 8.39. The molecule has 3 atom stereocenters. The van der Waals surface area contributed by atoms with Crippen LogP contribution in [0.4, 0.5) is 0 Å². The Morgan fingerprint density at radius 3 is 2.86 bits per heavy atom. The number of thioether (sulfide) groups is 1. The molecule has 3 heterocycles. The molecule has 1 aromatic heterocycles. The molecule has 0 unspecified atom stereocenters. The van der Waals surface area contributed by atoms with Gasteiger partial charge in [-0.3, -0.25) is 18.5 Å². The van der Waals surface area contributed by atoms with Crippen molar-refractivity contribution in [2.75, 3.05) is 25.2 Å². The van der Waals surface area contributed by atoms with E-state index in [2.05, 4.69) is 4.98 Å². The Bertz CT molecular complexity index is 814. The maximum absolute atomic E-state index is 12.0. The summed E-state index contributed by atoms with van der Waals surface area (Å²) in [6, 6.07) is -0.259. The van der Waals surface area contributed by atoms with E-state index in [1.807, 2.05) is 0 Å². The lowest BCUT2D eigenvalue weighted by Gasteiger charge is -2.43. The fourth-order valence-electron chi connectivity index (χ4n) is 2.72. The second-order valence-electron chi connectivity index (χ2n) is 5.62. The van der Waals surface area contributed by atoms with Crippen molar-refractivity contribution in [3.63, 3.8) is 0 Å². The lowest BCUT2D eigenvalue weighted by molar-refractivity contribution is -0.0161. The molecule has 2 aliphatic heterocycles. The molecular weight excluding hydrogens is 332 g/mol. The van der Waals surface area contributed by atoms with Crippen LogP contribution in [0, 0.1) is 6.92 Å². The summed E-state index contributed by atoms with van der Waals surface area (Å²) in [6.07, 6.45) is 2.51. The number of rotatable bonds is 4. The van der Waals surface area contributed by atoms with Gasteiger partial charge in [0.15, 0.2) is 0 Å². The normalized spacial score (nSPS) is 30.8. The quantitative estimate of drug-likeness (QED) is 0.713. The number of nitrogens with one attached hydrogen (secondary N) is 1. The summed E-state index contributed by atoms with van der Waals surface area (Å²) >= 11 is 1.60. The highest BCUT2D eigenvalue weighted by molar-refractivity contribution is 8.01. The molecule has 122 valence electrons. The Morgan fingerprint density at radius 1 is 1.55 bits per heavy atom. The van der Waals surface area contributed by atoms with E-state index in [0.717, 1.165) is 6.26 Å². The van der Waals surface area contributed by atoms with E-state index in [1.165, 1.54) is 10.8 Å². The van der Waals surface area contributed by atoms with Crippen LogP contribution in [-0.4, -0.2) is 54.0 Å². The van der Waals surface area contributed by atoms with E-state index in [1.54, 1.807) is 18.7 Å². The van der Waals surface area contributed by atoms with Crippen molar-refractivity contribution in [1.82, 2.24) is 9.55 Å². The molecule has 0 aromatic carbocycles. The molecule has 1 aromatic rings. The van der Waals surface area contributed by atoms with Crippen LogP contribution in [0.3, 0.4) is 0 Å². The van der Waals surface area contributed by atoms with Crippen LogP contribution in [-0.2, 0) is 19.0 Å². The van der Waals surface area contributed by atoms with Crippen molar-refractivity contribution in [1.29, 1.82) is 0 Å². The molecule has 0 radical (unpaired) electrons. The summed E-state index contributed by atoms with van der Waals surface area (Å²) < 4.78 is 34.4. The zero-order valence-corrected chi connectivity index (χ0v) is 13.7. The van der Waals surface area contributed by atoms with Crippen molar-refractivity contribution < 1.29 is 17.3 Å². The molecule has 0 aliphatic carbocycles. The molecule has 2 fully saturated rings. The zero-order chi connectivity index (χ0) is 16.1. The number of hydrogen-bond donors (Lipinski definition) is 1. The smallest absolute Gasteiger partial charge is 0.328 e. The second kappa shape index (κ2) is 5.22. The summed E-state index contributed by atoms with van der Waals surface area (Å²) in [5, 5.41) is -0.0859. The van der Waals surface area contributed by atoms with Crippen molar-refractivity contribution in [2.45, 2.75) is 23.8 Å². The molecule has 10 heteroatoms. The van der Waals surface area contributed by atoms with Gasteiger partial charge in [0, 0.05) is 17.5 Å². The van der Waals surface area contributed by atoms with Gasteiger partial charge in [-0.25, -0.2) is 4.79 Å². The SMILES string of the molecule is Cc1cn([C@@H]2CO[C@@]3(COS(C)(=O)=O)CS[C@@H]23)c(=O)[nH]c1=O. The highest BCUT2D eigenvalue weighted by atomic mass is 32.2. The van der Waals surface area contributed by atoms with Gasteiger partial charge < -0.3 is 4.74 Å². The predicted molar refractivity (Wildman–Crippen MR) is 80.8 cm³/mol. The minimum absolute atomic E-state index is 0.0584. The van der Waals surface area contributed by atoms with Gasteiger partial charge in [0.05, 0.1) is 30.8 Å². The minimum Gasteiger partial charge on any atom is -0.368 e. The van der Waals surface area contributed by atoms with Gasteiger partial charge in [-0.15, -0.1) is 11.8 Å². The van der Waals surface area contributed by atoms with Crippen LogP contribution in [0.5, 0.6) is 0 Å². The van der Waals surface area contributed by atoms with Crippen LogP contribution >= 0.6 is 11.8 Å². The number of aromatic amines is 1. The van der Waals surface area contributed by atoms with Crippen LogP contribution in [0.1, 0.15) is 11.6 Å². The Balaban J connectivity index is 1.86. The van der Waals surface area contributed by atoms with Crippen LogP contribution in [0.15, 0.2) is 15.8 Å². The molecule has 0 bridgehead atoms. The van der Waals surface area contributed by atoms with Gasteiger partial charge >= 0.3 is 5.69 Å². The first kappa shape index (κ1) is 15.8. The number of fused-ring (bicyclic) bond motifs is 1. The third-order valence-electron chi connectivity index (χ3n) is 3.94. The molecule has 2 saturated heterocycles. The third-order valence-corrected chi connectivity index (χ3v) is 6.24. The van der Waals surface area contributed by atoms with Gasteiger partial charge in [-0.2, -0.15) is 8.42 Å². The van der Waals surface area contributed by atoms with Gasteiger partial charge in [0.25, 0.3) is 15.7 Å². The van der Waals surface area contributed by atoms with Gasteiger partial charge in [0.1, 0.15) is 5.60 Å². The molecule has 3 rings (SSSR count). The third kappa shape index (κ3) is 2.64. The van der Waals surface area contributed by atoms with Gasteiger partial charge in [-0.1, -0.05) is 0 Å². The van der Waals surface area contributed by atoms with E-state index >= 15 is 0 Å². The fraction of sp³-hybridized carbons (Fsp3) is 0.667. The zero-order valence-electron chi connectivity index (χ0n) is 12.1. The summed E-state index contributed by atoms with van der Waals surface area (Å²) in [5.74, 6) is 0.612. The number of ether oxygens (including phenoxy) is 1. The van der Waals surface area contributed by atoms with E-state index in [-0.39, 0.29) is 24.5 Å². The molecule has 8 nitrogen and oxygen atoms in total. The number of aromatic nitrogens is 2. The fourth-order valence-corrected chi connectivity index (χ4v) is 4.60. The topological polar surface area (TPSA) is 107 Å². The average molecular weight is 348 g/mol. The molecule has 0 spiro atoms. The van der Waals surface area contributed by atoms with Crippen LogP contribution < -0.4 is 11.2 Å². The summed E-state index contributed by atoms with van der Waals surface area (Å²) in [7, 11) is -3.55. The van der Waals surface area contributed by atoms with Crippen molar-refractivity contribution >= 4 is 21.9 Å². The lowest BCUT2D eigenvalue weighted by Crippen LogP contribution is -2.55. The molecule has 0 saturated carbocycles. The minimum atomic E-state index is -3.55. The monoisotopic (exact) mass is 348 g/mol. The number of aryl methyl sites for hydroxylation is 1. The summed E-state index contributed by atoms with van der Waals surface area (Å²) in [5.41, 5.74) is -1.15. The van der Waals surface area contributed by atoms with Gasteiger partial charge in [-0.05, 0) is 6.92 Å². The summed E-state index contributed by atoms with van der Waals surface area (Å²) in [4.78, 5) is 25.7. The lowest BCUT2D eigenvalue weighted by atomic mass is 9.99. The van der Waals surface area contributed by atoms with E-state index in [0.29, 0.717) is 11.3 Å². The molecular formula is C12H16N2O6S2. The van der Waals surface area contributed by atoms with E-state index < -0.39 is 27.0 Å². The Hall–Kier alpha value is -1.10. The van der Waals surface area contributed by atoms with Crippen molar-refractivity contribution in [2.24, 2.45) is 0 Å². The molecule has 1 N–H and O–H groups in total. The average Bonchev–Trinajstić information content (AvgIpc) is 2.63. The predicted octanol–water partition coefficient (Wildman–Crippen LogP) is -0.753. The number of H-pyrrole nitrogens is 1. The Morgan fingerprint density at radius 2 is 2.27 bits per heavy atom. The highest BCUT2D eigenvalue weighted by Gasteiger charge is 2.58. The summed E-state index contributed by atoms with van der Waals surface area (Å²) in [6.45, 7) is 1.84. The number of hydrogen-bond acceptors (Lipinski definition) is 7. The first-order valence-corrected chi connectivity index (χ1v) is 9.50. The van der Waals surface area contributed by atoms with Crippen LogP contribution in [0.25, 0.3) is 0 Å². The first-order valence-electron chi connectivity index (χ1n) is 6.64. The maximum Gasteiger partial charge on any atom is 0.328 e. The first-order chi connectivity index (χ1) is 10.2. The van der Waals surface area contributed by atoms with Crippen molar-refractivity contribution in [3.05, 3.63) is 32.6 Å². The Kier molecular flexibility index (Phi) is 3.75. The Labute approximate surface area is 130 Å². The van der Waals surface area contributed by atoms with Gasteiger partial charge in [0.2, 0.25) is 0 Å². The van der Waals surface area contributed by atoms with Crippen molar-refractivity contribution in [3.8, 4) is 0 Å².